The van der Waals surface area contributed by atoms with Crippen molar-refractivity contribution in [3.63, 3.8) is 0 Å². The molecule has 0 radical (unpaired) electrons. The van der Waals surface area contributed by atoms with Crippen LogP contribution in [0.1, 0.15) is 11.1 Å². The third-order valence-corrected chi connectivity index (χ3v) is 5.55. The smallest absolute Gasteiger partial charge is 0.326 e. The van der Waals surface area contributed by atoms with Gasteiger partial charge in [0.1, 0.15) is 18.4 Å². The summed E-state index contributed by atoms with van der Waals surface area (Å²) in [6.45, 7) is 0.517. The predicted octanol–water partition coefficient (Wildman–Crippen LogP) is 5.50. The van der Waals surface area contributed by atoms with Gasteiger partial charge in [-0.15, -0.1) is 11.3 Å². The summed E-state index contributed by atoms with van der Waals surface area (Å²) < 4.78 is 5.83. The van der Waals surface area contributed by atoms with E-state index in [0.717, 1.165) is 28.1 Å². The molecule has 1 aromatic heterocycles. The minimum atomic E-state index is -0.902. The number of thiazole rings is 1. The van der Waals surface area contributed by atoms with E-state index in [1.807, 2.05) is 90.3 Å². The Morgan fingerprint density at radius 1 is 0.935 bits per heavy atom. The van der Waals surface area contributed by atoms with E-state index < -0.39 is 12.0 Å². The highest BCUT2D eigenvalue weighted by Gasteiger charge is 2.19. The maximum absolute atomic E-state index is 11.7. The molecule has 156 valence electrons. The Morgan fingerprint density at radius 3 is 2.23 bits per heavy atom. The van der Waals surface area contributed by atoms with Crippen LogP contribution in [0.25, 0.3) is 11.3 Å². The molecule has 0 bridgehead atoms. The van der Waals surface area contributed by atoms with E-state index in [1.165, 1.54) is 11.3 Å². The molecule has 1 heterocycles. The van der Waals surface area contributed by atoms with Crippen molar-refractivity contribution >= 4 is 22.4 Å². The lowest BCUT2D eigenvalue weighted by Crippen LogP contribution is -2.31. The molecule has 3 aromatic carbocycles. The Bertz CT molecular complexity index is 1110. The number of aromatic nitrogens is 1. The summed E-state index contributed by atoms with van der Waals surface area (Å²) in [4.78, 5) is 16.3. The van der Waals surface area contributed by atoms with Crippen LogP contribution in [-0.2, 0) is 17.8 Å². The van der Waals surface area contributed by atoms with Crippen molar-refractivity contribution in [1.82, 2.24) is 4.98 Å². The van der Waals surface area contributed by atoms with Crippen molar-refractivity contribution in [2.45, 2.75) is 19.1 Å². The van der Waals surface area contributed by atoms with Crippen molar-refractivity contribution in [3.8, 4) is 17.0 Å². The van der Waals surface area contributed by atoms with Gasteiger partial charge in [-0.2, -0.15) is 0 Å². The number of hydrogen-bond acceptors (Lipinski definition) is 5. The Hall–Kier alpha value is -3.64. The first-order chi connectivity index (χ1) is 15.2. The van der Waals surface area contributed by atoms with E-state index in [-0.39, 0.29) is 0 Å². The van der Waals surface area contributed by atoms with Gasteiger partial charge in [0.25, 0.3) is 0 Å². The number of nitrogens with zero attached hydrogens (tertiary/aromatic N) is 1. The van der Waals surface area contributed by atoms with Crippen molar-refractivity contribution in [3.05, 3.63) is 101 Å². The Kier molecular flexibility index (Phi) is 6.59. The molecule has 6 heteroatoms. The predicted molar refractivity (Wildman–Crippen MR) is 124 cm³/mol. The molecular formula is C25H22N2O3S. The zero-order valence-corrected chi connectivity index (χ0v) is 17.6. The SMILES string of the molecule is O=C(O)C(Cc1ccccc1)Nc1nc(-c2ccc(OCc3ccccc3)cc2)cs1. The average molecular weight is 431 g/mol. The molecule has 2 N–H and O–H groups in total. The first-order valence-corrected chi connectivity index (χ1v) is 10.8. The Labute approximate surface area is 185 Å². The molecule has 0 fully saturated rings. The third kappa shape index (κ3) is 5.71. The van der Waals surface area contributed by atoms with Gasteiger partial charge in [0.2, 0.25) is 0 Å². The van der Waals surface area contributed by atoms with Crippen LogP contribution in [0.3, 0.4) is 0 Å². The molecule has 31 heavy (non-hydrogen) atoms. The molecule has 4 aromatic rings. The standard InChI is InChI=1S/C25H22N2O3S/c28-24(29)22(15-18-7-3-1-4-8-18)26-25-27-23(17-31-25)20-11-13-21(14-12-20)30-16-19-9-5-2-6-10-19/h1-14,17,22H,15-16H2,(H,26,27)(H,28,29). The van der Waals surface area contributed by atoms with Crippen LogP contribution in [-0.4, -0.2) is 22.1 Å². The second-order valence-electron chi connectivity index (χ2n) is 7.06. The first-order valence-electron chi connectivity index (χ1n) is 9.93. The lowest BCUT2D eigenvalue weighted by molar-refractivity contribution is -0.137. The van der Waals surface area contributed by atoms with E-state index in [1.54, 1.807) is 0 Å². The maximum atomic E-state index is 11.7. The number of carbonyl (C=O) groups is 1. The molecule has 0 saturated carbocycles. The van der Waals surface area contributed by atoms with Gasteiger partial charge in [0, 0.05) is 17.4 Å². The number of rotatable bonds is 9. The van der Waals surface area contributed by atoms with E-state index in [2.05, 4.69) is 10.3 Å². The normalized spacial score (nSPS) is 11.6. The fraction of sp³-hybridized carbons (Fsp3) is 0.120. The van der Waals surface area contributed by atoms with Crippen molar-refractivity contribution in [2.24, 2.45) is 0 Å². The second-order valence-corrected chi connectivity index (χ2v) is 7.92. The van der Waals surface area contributed by atoms with Crippen LogP contribution in [0, 0.1) is 0 Å². The number of carboxylic acids is 1. The fourth-order valence-corrected chi connectivity index (χ4v) is 3.91. The number of aliphatic carboxylic acids is 1. The summed E-state index contributed by atoms with van der Waals surface area (Å²) in [5, 5.41) is 15.1. The van der Waals surface area contributed by atoms with Gasteiger partial charge in [-0.05, 0) is 35.4 Å². The summed E-state index contributed by atoms with van der Waals surface area (Å²) in [7, 11) is 0. The molecule has 0 aliphatic rings. The van der Waals surface area contributed by atoms with Crippen LogP contribution in [0.15, 0.2) is 90.3 Å². The van der Waals surface area contributed by atoms with Crippen LogP contribution >= 0.6 is 11.3 Å². The van der Waals surface area contributed by atoms with Crippen LogP contribution in [0.4, 0.5) is 5.13 Å². The molecule has 0 amide bonds. The van der Waals surface area contributed by atoms with E-state index in [9.17, 15) is 9.90 Å². The number of ether oxygens (including phenoxy) is 1. The summed E-state index contributed by atoms with van der Waals surface area (Å²) >= 11 is 1.40. The minimum Gasteiger partial charge on any atom is -0.489 e. The highest BCUT2D eigenvalue weighted by Crippen LogP contribution is 2.27. The molecule has 1 atom stereocenters. The lowest BCUT2D eigenvalue weighted by atomic mass is 10.1. The third-order valence-electron chi connectivity index (χ3n) is 4.78. The number of anilines is 1. The quantitative estimate of drug-likeness (QED) is 0.367. The van der Waals surface area contributed by atoms with Gasteiger partial charge >= 0.3 is 5.97 Å². The largest absolute Gasteiger partial charge is 0.489 e. The monoisotopic (exact) mass is 430 g/mol. The molecule has 0 aliphatic heterocycles. The van der Waals surface area contributed by atoms with Gasteiger partial charge in [-0.1, -0.05) is 60.7 Å². The summed E-state index contributed by atoms with van der Waals surface area (Å²) in [5.41, 5.74) is 3.83. The summed E-state index contributed by atoms with van der Waals surface area (Å²) in [6, 6.07) is 26.6. The zero-order chi connectivity index (χ0) is 21.5. The van der Waals surface area contributed by atoms with E-state index >= 15 is 0 Å². The average Bonchev–Trinajstić information content (AvgIpc) is 3.27. The number of hydrogen-bond donors (Lipinski definition) is 2. The van der Waals surface area contributed by atoms with E-state index in [4.69, 9.17) is 4.74 Å². The minimum absolute atomic E-state index is 0.387. The molecule has 4 rings (SSSR count). The second kappa shape index (κ2) is 9.91. The van der Waals surface area contributed by atoms with Gasteiger partial charge < -0.3 is 15.2 Å². The molecule has 0 saturated heterocycles. The molecule has 5 nitrogen and oxygen atoms in total. The zero-order valence-electron chi connectivity index (χ0n) is 16.8. The highest BCUT2D eigenvalue weighted by atomic mass is 32.1. The van der Waals surface area contributed by atoms with Crippen molar-refractivity contribution in [1.29, 1.82) is 0 Å². The number of carboxylic acid groups (broad SMARTS) is 1. The topological polar surface area (TPSA) is 71.5 Å². The lowest BCUT2D eigenvalue weighted by Gasteiger charge is -2.13. The van der Waals surface area contributed by atoms with E-state index in [0.29, 0.717) is 18.2 Å². The maximum Gasteiger partial charge on any atom is 0.326 e. The molecular weight excluding hydrogens is 408 g/mol. The fourth-order valence-electron chi connectivity index (χ4n) is 3.13. The highest BCUT2D eigenvalue weighted by molar-refractivity contribution is 7.14. The van der Waals surface area contributed by atoms with Crippen molar-refractivity contribution < 1.29 is 14.6 Å². The van der Waals surface area contributed by atoms with Gasteiger partial charge in [0.15, 0.2) is 5.13 Å². The summed E-state index contributed by atoms with van der Waals surface area (Å²) in [5.74, 6) is -0.115. The summed E-state index contributed by atoms with van der Waals surface area (Å²) in [6.07, 6.45) is 0.387. The van der Waals surface area contributed by atoms with Crippen LogP contribution < -0.4 is 10.1 Å². The molecule has 0 aliphatic carbocycles. The van der Waals surface area contributed by atoms with Crippen molar-refractivity contribution in [2.75, 3.05) is 5.32 Å². The Balaban J connectivity index is 1.39. The van der Waals surface area contributed by atoms with Gasteiger partial charge in [-0.3, -0.25) is 0 Å². The number of nitrogens with one attached hydrogen (secondary N) is 1. The molecule has 0 spiro atoms. The Morgan fingerprint density at radius 2 is 1.58 bits per heavy atom. The van der Waals surface area contributed by atoms with Gasteiger partial charge in [-0.25, -0.2) is 9.78 Å². The number of benzene rings is 3. The molecule has 1 unspecified atom stereocenters. The first kappa shape index (κ1) is 20.6. The van der Waals surface area contributed by atoms with Gasteiger partial charge in [0.05, 0.1) is 5.69 Å². The van der Waals surface area contributed by atoms with Crippen LogP contribution in [0.2, 0.25) is 0 Å². The van der Waals surface area contributed by atoms with Crippen LogP contribution in [0.5, 0.6) is 5.75 Å².